The molecule has 23 heavy (non-hydrogen) atoms. The van der Waals surface area contributed by atoms with Gasteiger partial charge in [0.25, 0.3) is 6.33 Å². The molecule has 6 heteroatoms. The van der Waals surface area contributed by atoms with E-state index in [1.165, 1.54) is 33.5 Å². The zero-order chi connectivity index (χ0) is 15.6. The molecule has 0 atom stereocenters. The second-order valence-electron chi connectivity index (χ2n) is 6.41. The van der Waals surface area contributed by atoms with Gasteiger partial charge < -0.3 is 0 Å². The van der Waals surface area contributed by atoms with Gasteiger partial charge in [-0.05, 0) is 11.5 Å². The van der Waals surface area contributed by atoms with Crippen molar-refractivity contribution < 1.29 is 9.13 Å². The van der Waals surface area contributed by atoms with E-state index in [0.717, 1.165) is 18.5 Å². The van der Waals surface area contributed by atoms with E-state index in [2.05, 4.69) is 56.5 Å². The molecular weight excluding hydrogens is 285 g/mol. The second kappa shape index (κ2) is 4.44. The van der Waals surface area contributed by atoms with Crippen molar-refractivity contribution in [3.8, 4) is 0 Å². The van der Waals surface area contributed by atoms with Crippen LogP contribution in [0.4, 0.5) is 0 Å². The van der Waals surface area contributed by atoms with Gasteiger partial charge in [-0.25, -0.2) is 19.1 Å². The predicted molar refractivity (Wildman–Crippen MR) is 85.3 cm³/mol. The maximum absolute atomic E-state index is 4.60. The molecule has 0 radical (unpaired) electrons. The van der Waals surface area contributed by atoms with Crippen LogP contribution in [-0.4, -0.2) is 21.7 Å². The number of hydrogen-bond donors (Lipinski definition) is 0. The summed E-state index contributed by atoms with van der Waals surface area (Å²) >= 11 is 0. The number of hydrogen-bond acceptors (Lipinski definition) is 3. The fraction of sp³-hybridized carbons (Fsp3) is 0.235. The van der Waals surface area contributed by atoms with E-state index in [4.69, 9.17) is 0 Å². The highest BCUT2D eigenvalue weighted by atomic mass is 15.0. The van der Waals surface area contributed by atoms with Crippen LogP contribution >= 0.6 is 0 Å². The average molecular weight is 301 g/mol. The minimum absolute atomic E-state index is 0.188. The minimum atomic E-state index is 0.188. The van der Waals surface area contributed by atoms with Crippen molar-refractivity contribution >= 4 is 23.4 Å². The summed E-state index contributed by atoms with van der Waals surface area (Å²) in [6, 6.07) is 4.33. The molecule has 0 bridgehead atoms. The van der Waals surface area contributed by atoms with E-state index < -0.39 is 0 Å². The lowest BCUT2D eigenvalue weighted by molar-refractivity contribution is -0.660. The zero-order valence-corrected chi connectivity index (χ0v) is 13.2. The van der Waals surface area contributed by atoms with Crippen LogP contribution < -0.4 is 25.8 Å². The lowest BCUT2D eigenvalue weighted by Gasteiger charge is -2.28. The molecule has 0 unspecified atom stereocenters. The summed E-state index contributed by atoms with van der Waals surface area (Å²) in [4.78, 5) is 13.6. The summed E-state index contributed by atoms with van der Waals surface area (Å²) in [5, 5.41) is 0. The van der Waals surface area contributed by atoms with Crippen molar-refractivity contribution in [1.29, 1.82) is 0 Å². The van der Waals surface area contributed by atoms with Crippen LogP contribution in [-0.2, 0) is 26.9 Å². The SMILES string of the molecule is C[n+]1cccc2c1B1c3c(ncnc3Cc3cnc[n+](C)c31)C2. The van der Waals surface area contributed by atoms with E-state index in [1.807, 2.05) is 12.5 Å². The van der Waals surface area contributed by atoms with Crippen LogP contribution in [0.2, 0.25) is 0 Å². The first-order valence-corrected chi connectivity index (χ1v) is 7.86. The third-order valence-electron chi connectivity index (χ3n) is 5.10. The predicted octanol–water partition coefficient (Wildman–Crippen LogP) is -2.15. The van der Waals surface area contributed by atoms with E-state index in [9.17, 15) is 0 Å². The maximum atomic E-state index is 4.60. The quantitative estimate of drug-likeness (QED) is 0.242. The summed E-state index contributed by atoms with van der Waals surface area (Å²) in [6.07, 6.45) is 9.44. The molecule has 0 saturated carbocycles. The van der Waals surface area contributed by atoms with Crippen LogP contribution in [0.25, 0.3) is 0 Å². The minimum Gasteiger partial charge on any atom is -0.245 e. The van der Waals surface area contributed by atoms with Gasteiger partial charge in [0.1, 0.15) is 19.6 Å². The number of nitrogens with zero attached hydrogens (tertiary/aromatic N) is 5. The van der Waals surface area contributed by atoms with Gasteiger partial charge in [-0.1, -0.05) is 4.98 Å². The molecule has 0 saturated heterocycles. The molecule has 3 aromatic heterocycles. The molecule has 0 N–H and O–H groups in total. The third kappa shape index (κ3) is 1.66. The highest BCUT2D eigenvalue weighted by Gasteiger charge is 2.47. The molecule has 2 aliphatic rings. The number of pyridine rings is 1. The summed E-state index contributed by atoms with van der Waals surface area (Å²) < 4.78 is 4.40. The normalized spacial score (nSPS) is 14.1. The first-order valence-electron chi connectivity index (χ1n) is 7.86. The molecule has 5 nitrogen and oxygen atoms in total. The molecule has 0 spiro atoms. The van der Waals surface area contributed by atoms with Gasteiger partial charge in [-0.3, -0.25) is 0 Å². The highest BCUT2D eigenvalue weighted by molar-refractivity contribution is 6.95. The number of aryl methyl sites for hydroxylation is 2. The molecule has 0 aliphatic carbocycles. The van der Waals surface area contributed by atoms with E-state index in [-0.39, 0.29) is 6.71 Å². The number of rotatable bonds is 0. The Morgan fingerprint density at radius 3 is 2.57 bits per heavy atom. The van der Waals surface area contributed by atoms with Crippen LogP contribution in [0.1, 0.15) is 22.5 Å². The van der Waals surface area contributed by atoms with Crippen LogP contribution in [0, 0.1) is 0 Å². The van der Waals surface area contributed by atoms with Crippen molar-refractivity contribution in [3.63, 3.8) is 0 Å². The van der Waals surface area contributed by atoms with Crippen LogP contribution in [0.15, 0.2) is 37.2 Å². The molecular formula is C17H16BN5+2. The lowest BCUT2D eigenvalue weighted by atomic mass is 9.34. The molecule has 3 aromatic rings. The Morgan fingerprint density at radius 1 is 1.00 bits per heavy atom. The Bertz CT molecular complexity index is 863. The largest absolute Gasteiger partial charge is 0.378 e. The number of aromatic nitrogens is 5. The van der Waals surface area contributed by atoms with Crippen molar-refractivity contribution in [1.82, 2.24) is 15.0 Å². The summed E-state index contributed by atoms with van der Waals surface area (Å²) in [5.74, 6) is 0. The summed E-state index contributed by atoms with van der Waals surface area (Å²) in [7, 11) is 4.21. The van der Waals surface area contributed by atoms with Gasteiger partial charge >= 0.3 is 6.71 Å². The molecule has 5 heterocycles. The smallest absolute Gasteiger partial charge is 0.245 e. The fourth-order valence-corrected chi connectivity index (χ4v) is 4.17. The Balaban J connectivity index is 1.91. The lowest BCUT2D eigenvalue weighted by Crippen LogP contribution is -2.75. The van der Waals surface area contributed by atoms with Crippen molar-refractivity contribution in [2.45, 2.75) is 12.8 Å². The van der Waals surface area contributed by atoms with E-state index in [1.54, 1.807) is 6.33 Å². The second-order valence-corrected chi connectivity index (χ2v) is 6.41. The topological polar surface area (TPSA) is 46.4 Å². The Morgan fingerprint density at radius 2 is 1.74 bits per heavy atom. The Labute approximate surface area is 134 Å². The fourth-order valence-electron chi connectivity index (χ4n) is 4.17. The monoisotopic (exact) mass is 301 g/mol. The first kappa shape index (κ1) is 12.9. The Kier molecular flexibility index (Phi) is 2.49. The van der Waals surface area contributed by atoms with Gasteiger partial charge in [-0.2, -0.15) is 0 Å². The van der Waals surface area contributed by atoms with Crippen LogP contribution in [0.5, 0.6) is 0 Å². The van der Waals surface area contributed by atoms with Gasteiger partial charge in [0.05, 0.1) is 12.6 Å². The van der Waals surface area contributed by atoms with Gasteiger partial charge in [0.15, 0.2) is 11.8 Å². The van der Waals surface area contributed by atoms with Crippen molar-refractivity contribution in [2.24, 2.45) is 14.1 Å². The summed E-state index contributed by atoms with van der Waals surface area (Å²) in [6.45, 7) is 0.188. The zero-order valence-electron chi connectivity index (χ0n) is 13.2. The molecule has 5 rings (SSSR count). The molecule has 0 aromatic carbocycles. The van der Waals surface area contributed by atoms with Crippen LogP contribution in [0.3, 0.4) is 0 Å². The first-order chi connectivity index (χ1) is 11.2. The molecule has 0 fully saturated rings. The van der Waals surface area contributed by atoms with E-state index in [0.29, 0.717) is 0 Å². The van der Waals surface area contributed by atoms with Gasteiger partial charge in [-0.15, -0.1) is 0 Å². The maximum Gasteiger partial charge on any atom is 0.378 e. The third-order valence-corrected chi connectivity index (χ3v) is 5.10. The van der Waals surface area contributed by atoms with Crippen molar-refractivity contribution in [2.75, 3.05) is 0 Å². The average Bonchev–Trinajstić information content (AvgIpc) is 2.55. The van der Waals surface area contributed by atoms with E-state index >= 15 is 0 Å². The van der Waals surface area contributed by atoms with Crippen molar-refractivity contribution in [3.05, 3.63) is 59.7 Å². The number of fused-ring (bicyclic) bond motifs is 4. The molecule has 110 valence electrons. The van der Waals surface area contributed by atoms with Gasteiger partial charge in [0, 0.05) is 41.4 Å². The highest BCUT2D eigenvalue weighted by Crippen LogP contribution is 2.16. The Hall–Kier alpha value is -2.63. The summed E-state index contributed by atoms with van der Waals surface area (Å²) in [5.41, 5.74) is 8.88. The molecule has 0 amide bonds. The van der Waals surface area contributed by atoms with Gasteiger partial charge in [0.2, 0.25) is 0 Å². The molecule has 2 aliphatic heterocycles. The standard InChI is InChI=1S/C17H16BN5/c1-22-5-3-4-11-6-13-15-14(21-9-20-13)7-12-8-19-10-23(2)17(12)18(15)16(11)22/h3-5,8-10H,6-7H2,1-2H3/q+2.